The second-order valence-electron chi connectivity index (χ2n) is 3.41. The molecule has 0 unspecified atom stereocenters. The number of nitrogens with zero attached hydrogens (tertiary/aromatic N) is 2. The summed E-state index contributed by atoms with van der Waals surface area (Å²) in [6.07, 6.45) is 1.64. The summed E-state index contributed by atoms with van der Waals surface area (Å²) in [5, 5.41) is 3.55. The number of ether oxygens (including phenoxy) is 1. The van der Waals surface area contributed by atoms with E-state index in [1.807, 2.05) is 19.1 Å². The smallest absolute Gasteiger partial charge is 0.238 e. The zero-order valence-corrected chi connectivity index (χ0v) is 12.0. The Bertz CT molecular complexity index is 551. The molecule has 0 radical (unpaired) electrons. The Morgan fingerprint density at radius 2 is 2.17 bits per heavy atom. The van der Waals surface area contributed by atoms with Crippen molar-refractivity contribution in [2.24, 2.45) is 0 Å². The van der Waals surface area contributed by atoms with Crippen molar-refractivity contribution in [3.63, 3.8) is 0 Å². The van der Waals surface area contributed by atoms with Crippen LogP contribution in [0.5, 0.6) is 11.6 Å². The molecule has 0 aliphatic heterocycles. The summed E-state index contributed by atoms with van der Waals surface area (Å²) in [4.78, 5) is 8.36. The minimum Gasteiger partial charge on any atom is -0.436 e. The molecule has 0 saturated carbocycles. The van der Waals surface area contributed by atoms with Crippen molar-refractivity contribution in [3.8, 4) is 11.6 Å². The minimum absolute atomic E-state index is 0.425. The molecule has 0 aliphatic carbocycles. The van der Waals surface area contributed by atoms with Gasteiger partial charge in [-0.25, -0.2) is 4.98 Å². The summed E-state index contributed by atoms with van der Waals surface area (Å²) in [5.74, 6) is 1.50. The molecule has 1 aromatic heterocycles. The van der Waals surface area contributed by atoms with Crippen molar-refractivity contribution in [2.45, 2.75) is 6.92 Å². The van der Waals surface area contributed by atoms with E-state index in [0.29, 0.717) is 27.1 Å². The molecule has 4 nitrogen and oxygen atoms in total. The first-order chi connectivity index (χ1) is 8.70. The van der Waals surface area contributed by atoms with Crippen LogP contribution >= 0.6 is 27.5 Å². The van der Waals surface area contributed by atoms with Crippen molar-refractivity contribution < 1.29 is 4.74 Å². The summed E-state index contributed by atoms with van der Waals surface area (Å²) in [7, 11) is 0. The van der Waals surface area contributed by atoms with Gasteiger partial charge in [0.1, 0.15) is 5.75 Å². The van der Waals surface area contributed by atoms with Crippen LogP contribution in [0.25, 0.3) is 0 Å². The number of anilines is 1. The molecule has 94 valence electrons. The van der Waals surface area contributed by atoms with Gasteiger partial charge < -0.3 is 10.1 Å². The predicted molar refractivity (Wildman–Crippen MR) is 75.4 cm³/mol. The van der Waals surface area contributed by atoms with Gasteiger partial charge in [0, 0.05) is 6.54 Å². The van der Waals surface area contributed by atoms with Gasteiger partial charge in [0.05, 0.1) is 15.7 Å². The van der Waals surface area contributed by atoms with Crippen LogP contribution in [0.2, 0.25) is 5.02 Å². The summed E-state index contributed by atoms with van der Waals surface area (Å²) < 4.78 is 6.33. The normalized spacial score (nSPS) is 10.2. The second-order valence-corrected chi connectivity index (χ2v) is 4.67. The third-order valence-corrected chi connectivity index (χ3v) is 2.95. The minimum atomic E-state index is 0.425. The van der Waals surface area contributed by atoms with Crippen molar-refractivity contribution in [3.05, 3.63) is 40.0 Å². The zero-order chi connectivity index (χ0) is 13.0. The number of nitrogens with one attached hydrogen (secondary N) is 1. The van der Waals surface area contributed by atoms with Crippen LogP contribution in [0.15, 0.2) is 34.9 Å². The molecule has 2 rings (SSSR count). The molecule has 0 fully saturated rings. The van der Waals surface area contributed by atoms with Gasteiger partial charge in [0.15, 0.2) is 0 Å². The molecule has 0 aliphatic rings. The van der Waals surface area contributed by atoms with Crippen LogP contribution in [-0.4, -0.2) is 16.5 Å². The Labute approximate surface area is 118 Å². The molecule has 1 aromatic carbocycles. The van der Waals surface area contributed by atoms with E-state index in [1.165, 1.54) is 0 Å². The first-order valence-electron chi connectivity index (χ1n) is 5.39. The van der Waals surface area contributed by atoms with Gasteiger partial charge in [-0.05, 0) is 35.0 Å². The van der Waals surface area contributed by atoms with E-state index in [4.69, 9.17) is 16.3 Å². The van der Waals surface area contributed by atoms with Gasteiger partial charge in [-0.15, -0.1) is 0 Å². The van der Waals surface area contributed by atoms with Gasteiger partial charge in [-0.3, -0.25) is 0 Å². The molecule has 0 atom stereocenters. The second kappa shape index (κ2) is 6.02. The van der Waals surface area contributed by atoms with Gasteiger partial charge in [0.25, 0.3) is 0 Å². The Hall–Kier alpha value is -1.33. The van der Waals surface area contributed by atoms with E-state index < -0.39 is 0 Å². The van der Waals surface area contributed by atoms with E-state index in [2.05, 4.69) is 31.2 Å². The standard InChI is InChI=1S/C12H11BrClN3O/c1-2-15-12-16-7-8(13)11(17-12)18-10-6-4-3-5-9(10)14/h3-7H,2H2,1H3,(H,15,16,17). The van der Waals surface area contributed by atoms with Crippen LogP contribution in [0.3, 0.4) is 0 Å². The summed E-state index contributed by atoms with van der Waals surface area (Å²) in [6, 6.07) is 7.23. The van der Waals surface area contributed by atoms with Crippen molar-refractivity contribution in [2.75, 3.05) is 11.9 Å². The quantitative estimate of drug-likeness (QED) is 0.917. The molecular formula is C12H11BrClN3O. The number of rotatable bonds is 4. The lowest BCUT2D eigenvalue weighted by molar-refractivity contribution is 0.459. The highest BCUT2D eigenvalue weighted by molar-refractivity contribution is 9.10. The average molecular weight is 329 g/mol. The highest BCUT2D eigenvalue weighted by atomic mass is 79.9. The molecule has 1 N–H and O–H groups in total. The van der Waals surface area contributed by atoms with Crippen LogP contribution < -0.4 is 10.1 Å². The van der Waals surface area contributed by atoms with E-state index >= 15 is 0 Å². The van der Waals surface area contributed by atoms with Crippen LogP contribution in [0, 0.1) is 0 Å². The van der Waals surface area contributed by atoms with Gasteiger partial charge in [-0.2, -0.15) is 4.98 Å². The number of benzene rings is 1. The summed E-state index contributed by atoms with van der Waals surface area (Å²) in [6.45, 7) is 2.72. The molecule has 18 heavy (non-hydrogen) atoms. The van der Waals surface area contributed by atoms with Gasteiger partial charge >= 0.3 is 0 Å². The van der Waals surface area contributed by atoms with E-state index in [1.54, 1.807) is 18.3 Å². The summed E-state index contributed by atoms with van der Waals surface area (Å²) in [5.41, 5.74) is 0. The van der Waals surface area contributed by atoms with E-state index in [-0.39, 0.29) is 0 Å². The highest BCUT2D eigenvalue weighted by Crippen LogP contribution is 2.32. The molecule has 0 bridgehead atoms. The predicted octanol–water partition coefficient (Wildman–Crippen LogP) is 4.12. The Kier molecular flexibility index (Phi) is 4.38. The lowest BCUT2D eigenvalue weighted by atomic mass is 10.3. The maximum Gasteiger partial charge on any atom is 0.238 e. The number of halogens is 2. The van der Waals surface area contributed by atoms with Crippen LogP contribution in [0.1, 0.15) is 6.92 Å². The number of para-hydroxylation sites is 1. The van der Waals surface area contributed by atoms with Crippen LogP contribution in [-0.2, 0) is 0 Å². The highest BCUT2D eigenvalue weighted by Gasteiger charge is 2.09. The maximum absolute atomic E-state index is 6.03. The Balaban J connectivity index is 2.28. The molecule has 6 heteroatoms. The molecule has 1 heterocycles. The molecule has 0 amide bonds. The fourth-order valence-corrected chi connectivity index (χ4v) is 1.74. The number of hydrogen-bond acceptors (Lipinski definition) is 4. The fourth-order valence-electron chi connectivity index (χ4n) is 1.30. The molecule has 0 spiro atoms. The molecule has 0 saturated heterocycles. The van der Waals surface area contributed by atoms with E-state index in [9.17, 15) is 0 Å². The largest absolute Gasteiger partial charge is 0.436 e. The monoisotopic (exact) mass is 327 g/mol. The fraction of sp³-hybridized carbons (Fsp3) is 0.167. The van der Waals surface area contributed by atoms with Gasteiger partial charge in [-0.1, -0.05) is 23.7 Å². The lowest BCUT2D eigenvalue weighted by Gasteiger charge is -2.09. The Morgan fingerprint density at radius 3 is 2.89 bits per heavy atom. The molecule has 2 aromatic rings. The van der Waals surface area contributed by atoms with Crippen LogP contribution in [0.4, 0.5) is 5.95 Å². The van der Waals surface area contributed by atoms with Crippen molar-refractivity contribution in [1.82, 2.24) is 9.97 Å². The Morgan fingerprint density at radius 1 is 1.39 bits per heavy atom. The van der Waals surface area contributed by atoms with E-state index in [0.717, 1.165) is 6.54 Å². The first-order valence-corrected chi connectivity index (χ1v) is 6.56. The number of aromatic nitrogens is 2. The average Bonchev–Trinajstić information content (AvgIpc) is 2.36. The van der Waals surface area contributed by atoms with Gasteiger partial charge in [0.2, 0.25) is 11.8 Å². The van der Waals surface area contributed by atoms with Crippen molar-refractivity contribution >= 4 is 33.5 Å². The molecular weight excluding hydrogens is 318 g/mol. The lowest BCUT2D eigenvalue weighted by Crippen LogP contribution is -2.03. The first kappa shape index (κ1) is 13.1. The maximum atomic E-state index is 6.03. The summed E-state index contributed by atoms with van der Waals surface area (Å²) >= 11 is 9.37. The topological polar surface area (TPSA) is 47.0 Å². The third-order valence-electron chi connectivity index (χ3n) is 2.09. The van der Waals surface area contributed by atoms with Crippen molar-refractivity contribution in [1.29, 1.82) is 0 Å². The zero-order valence-electron chi connectivity index (χ0n) is 9.65. The number of hydrogen-bond donors (Lipinski definition) is 1. The SMILES string of the molecule is CCNc1ncc(Br)c(Oc2ccccc2Cl)n1. The third kappa shape index (κ3) is 3.11.